The van der Waals surface area contributed by atoms with E-state index in [1.54, 1.807) is 0 Å². The SMILES string of the molecule is CCn1nc(C)c(CNCc2ccccc2CO)c1C. The van der Waals surface area contributed by atoms with Crippen molar-refractivity contribution in [2.75, 3.05) is 0 Å². The molecule has 4 heteroatoms. The molecule has 0 aliphatic carbocycles. The van der Waals surface area contributed by atoms with Gasteiger partial charge in [-0.25, -0.2) is 0 Å². The Balaban J connectivity index is 2.01. The van der Waals surface area contributed by atoms with Crippen LogP contribution in [0.2, 0.25) is 0 Å². The molecule has 0 aliphatic rings. The Morgan fingerprint density at radius 3 is 2.45 bits per heavy atom. The smallest absolute Gasteiger partial charge is 0.0685 e. The molecular formula is C16H23N3O. The lowest BCUT2D eigenvalue weighted by Crippen LogP contribution is -2.15. The van der Waals surface area contributed by atoms with Crippen LogP contribution in [0.4, 0.5) is 0 Å². The first-order chi connectivity index (χ1) is 9.67. The van der Waals surface area contributed by atoms with Gasteiger partial charge in [-0.3, -0.25) is 4.68 Å². The van der Waals surface area contributed by atoms with Crippen molar-refractivity contribution in [2.45, 2.75) is 47.0 Å². The number of aliphatic hydroxyl groups is 1. The van der Waals surface area contributed by atoms with Gasteiger partial charge in [-0.2, -0.15) is 5.10 Å². The van der Waals surface area contributed by atoms with Crippen LogP contribution in [-0.4, -0.2) is 14.9 Å². The Morgan fingerprint density at radius 2 is 1.85 bits per heavy atom. The van der Waals surface area contributed by atoms with Gasteiger partial charge in [0.15, 0.2) is 0 Å². The fourth-order valence-corrected chi connectivity index (χ4v) is 2.50. The van der Waals surface area contributed by atoms with Crippen LogP contribution >= 0.6 is 0 Å². The van der Waals surface area contributed by atoms with E-state index in [-0.39, 0.29) is 6.61 Å². The number of nitrogens with zero attached hydrogens (tertiary/aromatic N) is 2. The number of rotatable bonds is 6. The molecule has 0 fully saturated rings. The van der Waals surface area contributed by atoms with Crippen molar-refractivity contribution in [1.29, 1.82) is 0 Å². The first-order valence-corrected chi connectivity index (χ1v) is 7.08. The quantitative estimate of drug-likeness (QED) is 0.849. The zero-order valence-electron chi connectivity index (χ0n) is 12.5. The Kier molecular flexibility index (Phi) is 4.93. The zero-order chi connectivity index (χ0) is 14.5. The third-order valence-electron chi connectivity index (χ3n) is 3.74. The summed E-state index contributed by atoms with van der Waals surface area (Å²) in [7, 11) is 0. The topological polar surface area (TPSA) is 50.1 Å². The normalized spacial score (nSPS) is 11.0. The van der Waals surface area contributed by atoms with Gasteiger partial charge in [0.2, 0.25) is 0 Å². The number of benzene rings is 1. The van der Waals surface area contributed by atoms with Crippen LogP contribution in [0, 0.1) is 13.8 Å². The van der Waals surface area contributed by atoms with Gasteiger partial charge in [-0.1, -0.05) is 24.3 Å². The molecule has 108 valence electrons. The van der Waals surface area contributed by atoms with Crippen LogP contribution in [0.5, 0.6) is 0 Å². The lowest BCUT2D eigenvalue weighted by Gasteiger charge is -2.09. The summed E-state index contributed by atoms with van der Waals surface area (Å²) < 4.78 is 2.04. The van der Waals surface area contributed by atoms with Gasteiger partial charge in [-0.15, -0.1) is 0 Å². The molecule has 1 heterocycles. The van der Waals surface area contributed by atoms with Crippen LogP contribution in [0.25, 0.3) is 0 Å². The summed E-state index contributed by atoms with van der Waals surface area (Å²) in [6.45, 7) is 8.82. The molecule has 4 nitrogen and oxygen atoms in total. The average Bonchev–Trinajstić information content (AvgIpc) is 2.75. The molecule has 2 N–H and O–H groups in total. The number of aliphatic hydroxyl groups excluding tert-OH is 1. The molecule has 0 amide bonds. The van der Waals surface area contributed by atoms with Crippen molar-refractivity contribution in [3.05, 3.63) is 52.3 Å². The van der Waals surface area contributed by atoms with E-state index in [0.29, 0.717) is 0 Å². The third kappa shape index (κ3) is 3.08. The second-order valence-electron chi connectivity index (χ2n) is 5.00. The largest absolute Gasteiger partial charge is 0.392 e. The van der Waals surface area contributed by atoms with Gasteiger partial charge in [0.25, 0.3) is 0 Å². The number of nitrogens with one attached hydrogen (secondary N) is 1. The minimum absolute atomic E-state index is 0.0870. The lowest BCUT2D eigenvalue weighted by molar-refractivity contribution is 0.280. The first kappa shape index (κ1) is 14.8. The van der Waals surface area contributed by atoms with Crippen LogP contribution in [0.15, 0.2) is 24.3 Å². The predicted molar refractivity (Wildman–Crippen MR) is 80.3 cm³/mol. The second-order valence-corrected chi connectivity index (χ2v) is 5.00. The molecule has 1 aromatic heterocycles. The molecule has 2 rings (SSSR count). The van der Waals surface area contributed by atoms with Crippen molar-refractivity contribution < 1.29 is 5.11 Å². The maximum absolute atomic E-state index is 9.32. The van der Waals surface area contributed by atoms with E-state index in [1.807, 2.05) is 28.9 Å². The van der Waals surface area contributed by atoms with E-state index in [1.165, 1.54) is 11.3 Å². The number of hydrogen-bond acceptors (Lipinski definition) is 3. The van der Waals surface area contributed by atoms with Gasteiger partial charge in [0, 0.05) is 30.9 Å². The van der Waals surface area contributed by atoms with Gasteiger partial charge < -0.3 is 10.4 Å². The molecule has 0 radical (unpaired) electrons. The molecule has 0 unspecified atom stereocenters. The van der Waals surface area contributed by atoms with Crippen molar-refractivity contribution in [3.8, 4) is 0 Å². The Bertz CT molecular complexity index is 575. The van der Waals surface area contributed by atoms with Crippen LogP contribution < -0.4 is 5.32 Å². The highest BCUT2D eigenvalue weighted by Crippen LogP contribution is 2.13. The lowest BCUT2D eigenvalue weighted by atomic mass is 10.1. The molecule has 2 aromatic rings. The molecule has 0 atom stereocenters. The monoisotopic (exact) mass is 273 g/mol. The minimum atomic E-state index is 0.0870. The number of hydrogen-bond donors (Lipinski definition) is 2. The van der Waals surface area contributed by atoms with Crippen molar-refractivity contribution in [1.82, 2.24) is 15.1 Å². The molecule has 0 saturated heterocycles. The summed E-state index contributed by atoms with van der Waals surface area (Å²) in [6.07, 6.45) is 0. The maximum atomic E-state index is 9.32. The standard InChI is InChI=1S/C16H23N3O/c1-4-19-13(3)16(12(2)18-19)10-17-9-14-7-5-6-8-15(14)11-20/h5-8,17,20H,4,9-11H2,1-3H3. The van der Waals surface area contributed by atoms with E-state index < -0.39 is 0 Å². The maximum Gasteiger partial charge on any atom is 0.0685 e. The minimum Gasteiger partial charge on any atom is -0.392 e. The first-order valence-electron chi connectivity index (χ1n) is 7.08. The fourth-order valence-electron chi connectivity index (χ4n) is 2.50. The van der Waals surface area contributed by atoms with Gasteiger partial charge in [0.1, 0.15) is 0 Å². The molecule has 0 saturated carbocycles. The summed E-state index contributed by atoms with van der Waals surface area (Å²) in [4.78, 5) is 0. The van der Waals surface area contributed by atoms with E-state index >= 15 is 0 Å². The molecule has 20 heavy (non-hydrogen) atoms. The third-order valence-corrected chi connectivity index (χ3v) is 3.74. The second kappa shape index (κ2) is 6.68. The Labute approximate surface area is 120 Å². The molecule has 0 aliphatic heterocycles. The van der Waals surface area contributed by atoms with E-state index in [2.05, 4.69) is 31.2 Å². The van der Waals surface area contributed by atoms with Gasteiger partial charge >= 0.3 is 0 Å². The summed E-state index contributed by atoms with van der Waals surface area (Å²) >= 11 is 0. The number of aryl methyl sites for hydroxylation is 2. The average molecular weight is 273 g/mol. The van der Waals surface area contributed by atoms with E-state index in [4.69, 9.17) is 0 Å². The summed E-state index contributed by atoms with van der Waals surface area (Å²) in [5, 5.41) is 17.3. The van der Waals surface area contributed by atoms with Crippen LogP contribution in [-0.2, 0) is 26.2 Å². The van der Waals surface area contributed by atoms with Crippen LogP contribution in [0.3, 0.4) is 0 Å². The highest BCUT2D eigenvalue weighted by Gasteiger charge is 2.10. The van der Waals surface area contributed by atoms with E-state index in [0.717, 1.165) is 36.5 Å². The summed E-state index contributed by atoms with van der Waals surface area (Å²) in [6, 6.07) is 7.97. The number of aromatic nitrogens is 2. The van der Waals surface area contributed by atoms with Crippen molar-refractivity contribution in [2.24, 2.45) is 0 Å². The molecular weight excluding hydrogens is 250 g/mol. The Morgan fingerprint density at radius 1 is 1.15 bits per heavy atom. The summed E-state index contributed by atoms with van der Waals surface area (Å²) in [5.74, 6) is 0. The highest BCUT2D eigenvalue weighted by atomic mass is 16.3. The molecule has 0 bridgehead atoms. The molecule has 0 spiro atoms. The van der Waals surface area contributed by atoms with Crippen LogP contribution in [0.1, 0.15) is 35.0 Å². The predicted octanol–water partition coefficient (Wildman–Crippen LogP) is 2.30. The fraction of sp³-hybridized carbons (Fsp3) is 0.438. The van der Waals surface area contributed by atoms with Gasteiger partial charge in [0.05, 0.1) is 12.3 Å². The van der Waals surface area contributed by atoms with E-state index in [9.17, 15) is 5.11 Å². The van der Waals surface area contributed by atoms with Crippen molar-refractivity contribution >= 4 is 0 Å². The van der Waals surface area contributed by atoms with Gasteiger partial charge in [-0.05, 0) is 31.9 Å². The summed E-state index contributed by atoms with van der Waals surface area (Å²) in [5.41, 5.74) is 5.72. The van der Waals surface area contributed by atoms with Crippen molar-refractivity contribution in [3.63, 3.8) is 0 Å². The zero-order valence-corrected chi connectivity index (χ0v) is 12.5. The molecule has 1 aromatic carbocycles. The Hall–Kier alpha value is -1.65. The highest BCUT2D eigenvalue weighted by molar-refractivity contribution is 5.27.